The number of hydrogen-bond acceptors (Lipinski definition) is 4. The summed E-state index contributed by atoms with van der Waals surface area (Å²) in [5.74, 6) is -0.316. The Morgan fingerprint density at radius 2 is 2.00 bits per heavy atom. The number of carbonyl (C=O) groups is 1. The van der Waals surface area contributed by atoms with E-state index in [4.69, 9.17) is 15.0 Å². The Kier molecular flexibility index (Phi) is 4.57. The molecule has 1 aliphatic heterocycles. The van der Waals surface area contributed by atoms with Crippen molar-refractivity contribution in [3.05, 3.63) is 76.5 Å². The molecule has 0 spiro atoms. The number of benzene rings is 2. The first-order valence-electron chi connectivity index (χ1n) is 9.03. The van der Waals surface area contributed by atoms with Gasteiger partial charge in [0.25, 0.3) is 0 Å². The number of aromatic nitrogens is 1. The summed E-state index contributed by atoms with van der Waals surface area (Å²) in [6.45, 7) is 1.96. The summed E-state index contributed by atoms with van der Waals surface area (Å²) >= 11 is 0. The minimum Gasteiger partial charge on any atom is -0.457 e. The molecule has 27 heavy (non-hydrogen) atoms. The van der Waals surface area contributed by atoms with E-state index in [0.29, 0.717) is 11.1 Å². The molecule has 1 N–H and O–H groups in total. The van der Waals surface area contributed by atoms with E-state index in [1.54, 1.807) is 12.1 Å². The zero-order chi connectivity index (χ0) is 18.8. The molecular formula is C22H20N3O2+. The van der Waals surface area contributed by atoms with Crippen molar-refractivity contribution in [2.75, 3.05) is 13.6 Å². The van der Waals surface area contributed by atoms with E-state index in [1.165, 1.54) is 4.90 Å². The Labute approximate surface area is 157 Å². The van der Waals surface area contributed by atoms with Gasteiger partial charge in [0.05, 0.1) is 42.0 Å². The van der Waals surface area contributed by atoms with E-state index in [1.807, 2.05) is 36.4 Å². The first-order chi connectivity index (χ1) is 13.2. The molecule has 1 aromatic heterocycles. The zero-order valence-electron chi connectivity index (χ0n) is 15.2. The Morgan fingerprint density at radius 1 is 1.22 bits per heavy atom. The maximum Gasteiger partial charge on any atom is 0.339 e. The number of esters is 1. The number of pyridine rings is 1. The fourth-order valence-corrected chi connectivity index (χ4v) is 3.55. The van der Waals surface area contributed by atoms with E-state index in [0.717, 1.165) is 47.2 Å². The third-order valence-corrected chi connectivity index (χ3v) is 5.00. The van der Waals surface area contributed by atoms with Gasteiger partial charge in [0.2, 0.25) is 0 Å². The number of nitriles is 1. The third-order valence-electron chi connectivity index (χ3n) is 5.00. The molecule has 4 rings (SSSR count). The number of fused-ring (bicyclic) bond motifs is 2. The molecule has 5 nitrogen and oxygen atoms in total. The lowest BCUT2D eigenvalue weighted by Gasteiger charge is -2.24. The third kappa shape index (κ3) is 3.40. The van der Waals surface area contributed by atoms with Crippen molar-refractivity contribution in [2.45, 2.75) is 19.6 Å². The van der Waals surface area contributed by atoms with Crippen LogP contribution in [-0.4, -0.2) is 24.5 Å². The monoisotopic (exact) mass is 358 g/mol. The highest BCUT2D eigenvalue weighted by atomic mass is 16.5. The van der Waals surface area contributed by atoms with Crippen molar-refractivity contribution in [3.63, 3.8) is 0 Å². The second-order valence-electron chi connectivity index (χ2n) is 6.95. The standard InChI is InChI=1S/C22H19N3O2/c1-25-11-10-20-18(13-25)21(17-4-2-3-5-19(17)24-20)22(26)27-14-16-8-6-15(12-23)7-9-16/h2-9H,10-11,13-14H2,1H3/p+1. The summed E-state index contributed by atoms with van der Waals surface area (Å²) in [4.78, 5) is 19.2. The van der Waals surface area contributed by atoms with E-state index in [9.17, 15) is 4.79 Å². The maximum atomic E-state index is 13.0. The fourth-order valence-electron chi connectivity index (χ4n) is 3.55. The lowest BCUT2D eigenvalue weighted by Crippen LogP contribution is -3.08. The van der Waals surface area contributed by atoms with Gasteiger partial charge in [0, 0.05) is 17.4 Å². The molecule has 0 radical (unpaired) electrons. The molecule has 0 saturated heterocycles. The summed E-state index contributed by atoms with van der Waals surface area (Å²) in [5.41, 5.74) is 4.93. The molecule has 0 saturated carbocycles. The predicted octanol–water partition coefficient (Wildman–Crippen LogP) is 2.03. The van der Waals surface area contributed by atoms with Gasteiger partial charge in [-0.15, -0.1) is 0 Å². The lowest BCUT2D eigenvalue weighted by molar-refractivity contribution is -0.895. The van der Waals surface area contributed by atoms with Crippen molar-refractivity contribution in [2.24, 2.45) is 0 Å². The highest BCUT2D eigenvalue weighted by Gasteiger charge is 2.27. The second-order valence-corrected chi connectivity index (χ2v) is 6.95. The number of quaternary nitrogens is 1. The number of ether oxygens (including phenoxy) is 1. The number of para-hydroxylation sites is 1. The van der Waals surface area contributed by atoms with Crippen molar-refractivity contribution in [1.82, 2.24) is 4.98 Å². The van der Waals surface area contributed by atoms with Crippen molar-refractivity contribution in [1.29, 1.82) is 5.26 Å². The smallest absolute Gasteiger partial charge is 0.339 e. The first-order valence-corrected chi connectivity index (χ1v) is 9.03. The lowest BCUT2D eigenvalue weighted by atomic mass is 9.96. The Bertz CT molecular complexity index is 1050. The number of nitrogens with one attached hydrogen (secondary N) is 1. The molecule has 2 aromatic carbocycles. The van der Waals surface area contributed by atoms with E-state index in [-0.39, 0.29) is 12.6 Å². The van der Waals surface area contributed by atoms with Crippen LogP contribution in [0.3, 0.4) is 0 Å². The van der Waals surface area contributed by atoms with Gasteiger partial charge in [-0.1, -0.05) is 30.3 Å². The largest absolute Gasteiger partial charge is 0.457 e. The van der Waals surface area contributed by atoms with Gasteiger partial charge in [-0.25, -0.2) is 4.79 Å². The van der Waals surface area contributed by atoms with Crippen LogP contribution in [0.15, 0.2) is 48.5 Å². The molecule has 5 heteroatoms. The van der Waals surface area contributed by atoms with Crippen LogP contribution in [-0.2, 0) is 24.3 Å². The summed E-state index contributed by atoms with van der Waals surface area (Å²) in [6, 6.07) is 16.9. The zero-order valence-corrected chi connectivity index (χ0v) is 15.2. The molecule has 0 fully saturated rings. The van der Waals surface area contributed by atoms with Gasteiger partial charge in [0.15, 0.2) is 0 Å². The van der Waals surface area contributed by atoms with Crippen molar-refractivity contribution < 1.29 is 14.4 Å². The van der Waals surface area contributed by atoms with Gasteiger partial charge in [0.1, 0.15) is 13.2 Å². The van der Waals surface area contributed by atoms with Crippen molar-refractivity contribution in [3.8, 4) is 6.07 Å². The van der Waals surface area contributed by atoms with E-state index in [2.05, 4.69) is 13.1 Å². The average Bonchev–Trinajstić information content (AvgIpc) is 2.70. The fraction of sp³-hybridized carbons (Fsp3) is 0.227. The van der Waals surface area contributed by atoms with E-state index >= 15 is 0 Å². The molecule has 2 heterocycles. The van der Waals surface area contributed by atoms with Gasteiger partial charge >= 0.3 is 5.97 Å². The SMILES string of the molecule is C[NH+]1CCc2nc3ccccc3c(C(=O)OCc3ccc(C#N)cc3)c2C1. The van der Waals surface area contributed by atoms with Gasteiger partial charge in [-0.05, 0) is 23.8 Å². The summed E-state index contributed by atoms with van der Waals surface area (Å²) in [6.07, 6.45) is 0.863. The van der Waals surface area contributed by atoms with Crippen LogP contribution in [0.4, 0.5) is 0 Å². The van der Waals surface area contributed by atoms with Crippen LogP contribution in [0, 0.1) is 11.3 Å². The molecule has 3 aromatic rings. The Hall–Kier alpha value is -3.23. The minimum atomic E-state index is -0.316. The number of likely N-dealkylation sites (N-methyl/N-ethyl adjacent to an activating group) is 1. The molecule has 1 aliphatic rings. The molecule has 134 valence electrons. The average molecular weight is 358 g/mol. The first kappa shape index (κ1) is 17.2. The van der Waals surface area contributed by atoms with Crippen LogP contribution in [0.1, 0.15) is 32.7 Å². The van der Waals surface area contributed by atoms with E-state index < -0.39 is 0 Å². The molecule has 1 atom stereocenters. The molecule has 0 bridgehead atoms. The predicted molar refractivity (Wildman–Crippen MR) is 101 cm³/mol. The van der Waals surface area contributed by atoms with Crippen LogP contribution in [0.2, 0.25) is 0 Å². The van der Waals surface area contributed by atoms with Gasteiger partial charge in [-0.3, -0.25) is 4.98 Å². The van der Waals surface area contributed by atoms with Gasteiger partial charge in [-0.2, -0.15) is 5.26 Å². The maximum absolute atomic E-state index is 13.0. The quantitative estimate of drug-likeness (QED) is 0.728. The summed E-state index contributed by atoms with van der Waals surface area (Å²) in [7, 11) is 2.13. The normalized spacial score (nSPS) is 15.8. The topological polar surface area (TPSA) is 67.4 Å². The van der Waals surface area contributed by atoms with Crippen LogP contribution in [0.5, 0.6) is 0 Å². The van der Waals surface area contributed by atoms with Gasteiger partial charge < -0.3 is 9.64 Å². The van der Waals surface area contributed by atoms with Crippen LogP contribution in [0.25, 0.3) is 10.9 Å². The Balaban J connectivity index is 1.68. The number of rotatable bonds is 3. The number of hydrogen-bond donors (Lipinski definition) is 1. The van der Waals surface area contributed by atoms with Crippen LogP contribution >= 0.6 is 0 Å². The molecule has 1 unspecified atom stereocenters. The van der Waals surface area contributed by atoms with Crippen LogP contribution < -0.4 is 4.90 Å². The second kappa shape index (κ2) is 7.18. The van der Waals surface area contributed by atoms with Crippen molar-refractivity contribution >= 4 is 16.9 Å². The summed E-state index contributed by atoms with van der Waals surface area (Å²) in [5, 5.41) is 9.73. The highest BCUT2D eigenvalue weighted by molar-refractivity contribution is 6.05. The summed E-state index contributed by atoms with van der Waals surface area (Å²) < 4.78 is 5.64. The number of nitrogens with zero attached hydrogens (tertiary/aromatic N) is 2. The Morgan fingerprint density at radius 3 is 2.78 bits per heavy atom. The molecule has 0 amide bonds. The number of carbonyl (C=O) groups excluding carboxylic acids is 1. The molecular weight excluding hydrogens is 338 g/mol. The highest BCUT2D eigenvalue weighted by Crippen LogP contribution is 2.26. The molecule has 0 aliphatic carbocycles. The minimum absolute atomic E-state index is 0.179.